The highest BCUT2D eigenvalue weighted by Gasteiger charge is 2.20. The van der Waals surface area contributed by atoms with Crippen LogP contribution in [0.25, 0.3) is 0 Å². The number of rotatable bonds is 7. The quantitative estimate of drug-likeness (QED) is 0.821. The summed E-state index contributed by atoms with van der Waals surface area (Å²) in [4.78, 5) is 4.14. The minimum Gasteiger partial charge on any atom is -0.260 e. The summed E-state index contributed by atoms with van der Waals surface area (Å²) in [5.74, 6) is 0. The molecular weight excluding hydrogens is 250 g/mol. The van der Waals surface area contributed by atoms with Crippen LogP contribution in [-0.2, 0) is 10.2 Å². The summed E-state index contributed by atoms with van der Waals surface area (Å²) in [7, 11) is -1.85. The second-order valence-electron chi connectivity index (χ2n) is 4.27. The lowest BCUT2D eigenvalue weighted by Crippen LogP contribution is -2.40. The smallest absolute Gasteiger partial charge is 0.260 e. The van der Waals surface area contributed by atoms with Crippen molar-refractivity contribution in [1.29, 1.82) is 0 Å². The van der Waals surface area contributed by atoms with Gasteiger partial charge in [-0.15, -0.1) is 0 Å². The van der Waals surface area contributed by atoms with Crippen molar-refractivity contribution in [3.63, 3.8) is 0 Å². The highest BCUT2D eigenvalue weighted by Crippen LogP contribution is 2.11. The van der Waals surface area contributed by atoms with E-state index in [1.165, 1.54) is 4.31 Å². The van der Waals surface area contributed by atoms with Crippen molar-refractivity contribution < 1.29 is 8.42 Å². The molecule has 0 saturated carbocycles. The Labute approximate surface area is 109 Å². The molecule has 1 heterocycles. The molecule has 0 fully saturated rings. The van der Waals surface area contributed by atoms with E-state index in [1.807, 2.05) is 13.0 Å². The lowest BCUT2D eigenvalue weighted by Gasteiger charge is -2.20. The number of aromatic nitrogens is 1. The maximum Gasteiger partial charge on any atom is 0.279 e. The number of nitrogens with one attached hydrogen (secondary N) is 1. The van der Waals surface area contributed by atoms with Gasteiger partial charge in [0.15, 0.2) is 0 Å². The van der Waals surface area contributed by atoms with E-state index in [-0.39, 0.29) is 6.04 Å². The molecule has 0 aromatic carbocycles. The summed E-state index contributed by atoms with van der Waals surface area (Å²) in [6.45, 7) is 4.35. The first kappa shape index (κ1) is 15.1. The first-order chi connectivity index (χ1) is 8.47. The Balaban J connectivity index is 2.65. The molecule has 1 rings (SSSR count). The Morgan fingerprint density at radius 1 is 1.44 bits per heavy atom. The average molecular weight is 271 g/mol. The third kappa shape index (κ3) is 4.36. The standard InChI is InChI=1S/C12H21N3O2S/c1-4-5-10-15(3)18(16,17)14-11(2)12-8-6-7-9-13-12/h6-9,11,14H,4-5,10H2,1-3H3/t11-/m0/s1. The first-order valence-corrected chi connectivity index (χ1v) is 7.56. The van der Waals surface area contributed by atoms with E-state index in [2.05, 4.69) is 9.71 Å². The van der Waals surface area contributed by atoms with Crippen LogP contribution in [0.5, 0.6) is 0 Å². The average Bonchev–Trinajstić information content (AvgIpc) is 2.36. The molecule has 0 aliphatic carbocycles. The molecule has 0 radical (unpaired) electrons. The largest absolute Gasteiger partial charge is 0.279 e. The van der Waals surface area contributed by atoms with Crippen LogP contribution in [0.1, 0.15) is 38.4 Å². The summed E-state index contributed by atoms with van der Waals surface area (Å²) in [5.41, 5.74) is 0.713. The van der Waals surface area contributed by atoms with Crippen molar-refractivity contribution in [3.8, 4) is 0 Å². The van der Waals surface area contributed by atoms with Crippen LogP contribution in [0, 0.1) is 0 Å². The predicted molar refractivity (Wildman–Crippen MR) is 72.2 cm³/mol. The normalized spacial score (nSPS) is 13.8. The van der Waals surface area contributed by atoms with E-state index < -0.39 is 10.2 Å². The van der Waals surface area contributed by atoms with Crippen molar-refractivity contribution >= 4 is 10.2 Å². The van der Waals surface area contributed by atoms with E-state index in [4.69, 9.17) is 0 Å². The summed E-state index contributed by atoms with van der Waals surface area (Å²) in [6, 6.07) is 5.12. The number of pyridine rings is 1. The van der Waals surface area contributed by atoms with Gasteiger partial charge in [-0.1, -0.05) is 19.4 Å². The van der Waals surface area contributed by atoms with Crippen molar-refractivity contribution in [3.05, 3.63) is 30.1 Å². The van der Waals surface area contributed by atoms with Gasteiger partial charge in [0.05, 0.1) is 11.7 Å². The SMILES string of the molecule is CCCCN(C)S(=O)(=O)N[C@@H](C)c1ccccn1. The maximum atomic E-state index is 12.0. The van der Waals surface area contributed by atoms with Crippen LogP contribution < -0.4 is 4.72 Å². The van der Waals surface area contributed by atoms with E-state index in [1.54, 1.807) is 32.3 Å². The summed E-state index contributed by atoms with van der Waals surface area (Å²) in [6.07, 6.45) is 3.48. The summed E-state index contributed by atoms with van der Waals surface area (Å²) >= 11 is 0. The number of unbranched alkanes of at least 4 members (excludes halogenated alkanes) is 1. The predicted octanol–water partition coefficient (Wildman–Crippen LogP) is 1.71. The molecule has 0 aliphatic rings. The van der Waals surface area contributed by atoms with Gasteiger partial charge >= 0.3 is 0 Å². The zero-order chi connectivity index (χ0) is 13.6. The van der Waals surface area contributed by atoms with E-state index >= 15 is 0 Å². The van der Waals surface area contributed by atoms with Crippen LogP contribution in [0.3, 0.4) is 0 Å². The fraction of sp³-hybridized carbons (Fsp3) is 0.583. The van der Waals surface area contributed by atoms with Crippen LogP contribution >= 0.6 is 0 Å². The number of hydrogen-bond donors (Lipinski definition) is 1. The molecule has 1 N–H and O–H groups in total. The van der Waals surface area contributed by atoms with Gasteiger partial charge in [0.2, 0.25) is 0 Å². The number of nitrogens with zero attached hydrogens (tertiary/aromatic N) is 2. The molecule has 1 atom stereocenters. The molecule has 1 aromatic rings. The molecule has 6 heteroatoms. The van der Waals surface area contributed by atoms with Gasteiger partial charge in [-0.2, -0.15) is 17.4 Å². The summed E-state index contributed by atoms with van der Waals surface area (Å²) in [5, 5.41) is 0. The molecule has 102 valence electrons. The van der Waals surface area contributed by atoms with Crippen molar-refractivity contribution in [2.45, 2.75) is 32.7 Å². The lowest BCUT2D eigenvalue weighted by molar-refractivity contribution is 0.441. The van der Waals surface area contributed by atoms with Gasteiger partial charge in [0, 0.05) is 19.8 Å². The molecule has 1 aromatic heterocycles. The molecule has 0 amide bonds. The Kier molecular flexibility index (Phi) is 5.71. The van der Waals surface area contributed by atoms with Gasteiger partial charge in [-0.25, -0.2) is 0 Å². The van der Waals surface area contributed by atoms with Gasteiger partial charge in [0.1, 0.15) is 0 Å². The monoisotopic (exact) mass is 271 g/mol. The zero-order valence-electron chi connectivity index (χ0n) is 11.1. The highest BCUT2D eigenvalue weighted by atomic mass is 32.2. The molecule has 0 bridgehead atoms. The molecule has 0 aliphatic heterocycles. The van der Waals surface area contributed by atoms with E-state index in [9.17, 15) is 8.42 Å². The molecule has 5 nitrogen and oxygen atoms in total. The minimum atomic E-state index is -3.44. The second kappa shape index (κ2) is 6.82. The van der Waals surface area contributed by atoms with Crippen LogP contribution in [0.4, 0.5) is 0 Å². The van der Waals surface area contributed by atoms with Gasteiger partial charge in [-0.05, 0) is 25.5 Å². The first-order valence-electron chi connectivity index (χ1n) is 6.12. The van der Waals surface area contributed by atoms with Crippen molar-refractivity contribution in [2.75, 3.05) is 13.6 Å². The minimum absolute atomic E-state index is 0.333. The summed E-state index contributed by atoms with van der Waals surface area (Å²) < 4.78 is 28.0. The van der Waals surface area contributed by atoms with E-state index in [0.29, 0.717) is 12.2 Å². The fourth-order valence-corrected chi connectivity index (χ4v) is 2.62. The maximum absolute atomic E-state index is 12.0. The highest BCUT2D eigenvalue weighted by molar-refractivity contribution is 7.87. The Bertz CT molecular complexity index is 448. The molecule has 0 saturated heterocycles. The van der Waals surface area contributed by atoms with Crippen LogP contribution in [-0.4, -0.2) is 31.3 Å². The number of hydrogen-bond acceptors (Lipinski definition) is 3. The molecule has 18 heavy (non-hydrogen) atoms. The van der Waals surface area contributed by atoms with Gasteiger partial charge < -0.3 is 0 Å². The van der Waals surface area contributed by atoms with E-state index in [0.717, 1.165) is 12.8 Å². The Morgan fingerprint density at radius 2 is 2.17 bits per heavy atom. The lowest BCUT2D eigenvalue weighted by atomic mass is 10.2. The second-order valence-corrected chi connectivity index (χ2v) is 6.08. The molecule has 0 unspecified atom stereocenters. The van der Waals surface area contributed by atoms with Crippen molar-refractivity contribution in [2.24, 2.45) is 0 Å². The fourth-order valence-electron chi connectivity index (χ4n) is 1.51. The van der Waals surface area contributed by atoms with Gasteiger partial charge in [0.25, 0.3) is 10.2 Å². The molecular formula is C12H21N3O2S. The van der Waals surface area contributed by atoms with Crippen LogP contribution in [0.15, 0.2) is 24.4 Å². The zero-order valence-corrected chi connectivity index (χ0v) is 11.9. The third-order valence-electron chi connectivity index (χ3n) is 2.69. The Hall–Kier alpha value is -0.980. The molecule has 0 spiro atoms. The van der Waals surface area contributed by atoms with Crippen LogP contribution in [0.2, 0.25) is 0 Å². The Morgan fingerprint density at radius 3 is 2.72 bits per heavy atom. The third-order valence-corrected chi connectivity index (χ3v) is 4.35. The van der Waals surface area contributed by atoms with Gasteiger partial charge in [-0.3, -0.25) is 4.98 Å². The van der Waals surface area contributed by atoms with Crippen molar-refractivity contribution in [1.82, 2.24) is 14.0 Å². The topological polar surface area (TPSA) is 62.3 Å².